The van der Waals surface area contributed by atoms with Crippen LogP contribution in [0.25, 0.3) is 0 Å². The van der Waals surface area contributed by atoms with Gasteiger partial charge >= 0.3 is 0 Å². The smallest absolute Gasteiger partial charge is 0.0918 e. The quantitative estimate of drug-likeness (QED) is 0.575. The molecule has 0 spiro atoms. The summed E-state index contributed by atoms with van der Waals surface area (Å²) in [7, 11) is 0. The molecule has 1 aromatic rings. The molecule has 2 rings (SSSR count). The maximum absolute atomic E-state index is 5.92. The average molecular weight is 367 g/mol. The summed E-state index contributed by atoms with van der Waals surface area (Å²) in [5.41, 5.74) is 1.28. The van der Waals surface area contributed by atoms with E-state index < -0.39 is 0 Å². The molecule has 0 radical (unpaired) electrons. The number of alkyl halides is 1. The van der Waals surface area contributed by atoms with E-state index in [1.165, 1.54) is 18.4 Å². The number of rotatable bonds is 4. The lowest BCUT2D eigenvalue weighted by Gasteiger charge is -2.15. The second-order valence-corrected chi connectivity index (χ2v) is 5.33. The van der Waals surface area contributed by atoms with E-state index in [-0.39, 0.29) is 6.10 Å². The van der Waals surface area contributed by atoms with E-state index in [9.17, 15) is 0 Å². The van der Waals surface area contributed by atoms with Gasteiger partial charge in [-0.05, 0) is 30.5 Å². The van der Waals surface area contributed by atoms with E-state index in [1.54, 1.807) is 0 Å². The highest BCUT2D eigenvalue weighted by molar-refractivity contribution is 14.1. The van der Waals surface area contributed by atoms with Gasteiger partial charge in [-0.2, -0.15) is 0 Å². The van der Waals surface area contributed by atoms with Crippen LogP contribution in [0.5, 0.6) is 0 Å². The Bertz CT molecular complexity index is 312. The summed E-state index contributed by atoms with van der Waals surface area (Å²) in [6.45, 7) is 0. The molecule has 1 aliphatic carbocycles. The number of hydrogen-bond acceptors (Lipinski definition) is 1. The third-order valence-corrected chi connectivity index (χ3v) is 3.53. The molecule has 0 amide bonds. The van der Waals surface area contributed by atoms with E-state index in [4.69, 9.17) is 4.74 Å². The lowest BCUT2D eigenvalue weighted by molar-refractivity contribution is 0.0570. The topological polar surface area (TPSA) is 9.23 Å². The van der Waals surface area contributed by atoms with Gasteiger partial charge in [0.25, 0.3) is 0 Å². The van der Waals surface area contributed by atoms with Crippen LogP contribution in [0.3, 0.4) is 0 Å². The Morgan fingerprint density at radius 2 is 2.29 bits per heavy atom. The largest absolute Gasteiger partial charge is 0.369 e. The fraction of sp³-hybridized carbons (Fsp3) is 0.455. The molecule has 0 aliphatic heterocycles. The monoisotopic (exact) mass is 366 g/mol. The predicted molar refractivity (Wildman–Crippen MR) is 69.9 cm³/mol. The molecule has 0 heterocycles. The Morgan fingerprint density at radius 3 is 2.86 bits per heavy atom. The number of halogens is 2. The van der Waals surface area contributed by atoms with Gasteiger partial charge in [0.1, 0.15) is 0 Å². The van der Waals surface area contributed by atoms with Gasteiger partial charge in [0.05, 0.1) is 12.2 Å². The van der Waals surface area contributed by atoms with Crippen molar-refractivity contribution in [3.05, 3.63) is 34.3 Å². The van der Waals surface area contributed by atoms with E-state index in [0.29, 0.717) is 6.10 Å². The molecule has 3 heteroatoms. The van der Waals surface area contributed by atoms with E-state index in [0.717, 1.165) is 8.90 Å². The molecule has 1 nitrogen and oxygen atoms in total. The Morgan fingerprint density at radius 1 is 1.50 bits per heavy atom. The SMILES string of the molecule is Brc1cccc(C(CI)OC2CC2)c1. The first-order chi connectivity index (χ1) is 6.79. The van der Waals surface area contributed by atoms with Crippen molar-refractivity contribution in [1.82, 2.24) is 0 Å². The first kappa shape index (κ1) is 10.9. The minimum absolute atomic E-state index is 0.264. The third kappa shape index (κ3) is 2.94. The van der Waals surface area contributed by atoms with Gasteiger partial charge in [-0.15, -0.1) is 0 Å². The van der Waals surface area contributed by atoms with Crippen LogP contribution >= 0.6 is 38.5 Å². The lowest BCUT2D eigenvalue weighted by atomic mass is 10.1. The minimum Gasteiger partial charge on any atom is -0.369 e. The fourth-order valence-electron chi connectivity index (χ4n) is 1.35. The van der Waals surface area contributed by atoms with Gasteiger partial charge in [0, 0.05) is 8.90 Å². The predicted octanol–water partition coefficient (Wildman–Crippen LogP) is 4.10. The van der Waals surface area contributed by atoms with E-state index >= 15 is 0 Å². The van der Waals surface area contributed by atoms with E-state index in [1.807, 2.05) is 6.07 Å². The molecule has 1 aliphatic rings. The van der Waals surface area contributed by atoms with Crippen LogP contribution in [0.1, 0.15) is 24.5 Å². The second kappa shape index (κ2) is 4.94. The summed E-state index contributed by atoms with van der Waals surface area (Å²) in [4.78, 5) is 0. The zero-order valence-corrected chi connectivity index (χ0v) is 11.5. The summed E-state index contributed by atoms with van der Waals surface area (Å²) < 4.78 is 8.07. The third-order valence-electron chi connectivity index (χ3n) is 2.24. The maximum Gasteiger partial charge on any atom is 0.0918 e. The van der Waals surface area contributed by atoms with E-state index in [2.05, 4.69) is 56.7 Å². The molecule has 0 N–H and O–H groups in total. The lowest BCUT2D eigenvalue weighted by Crippen LogP contribution is -2.07. The van der Waals surface area contributed by atoms with Crippen molar-refractivity contribution in [2.45, 2.75) is 25.0 Å². The van der Waals surface area contributed by atoms with Gasteiger partial charge in [-0.3, -0.25) is 0 Å². The van der Waals surface area contributed by atoms with Gasteiger partial charge in [0.15, 0.2) is 0 Å². The van der Waals surface area contributed by atoms with Crippen molar-refractivity contribution < 1.29 is 4.74 Å². The molecule has 1 unspecified atom stereocenters. The summed E-state index contributed by atoms with van der Waals surface area (Å²) >= 11 is 5.87. The average Bonchev–Trinajstić information content (AvgIpc) is 2.98. The molecular weight excluding hydrogens is 355 g/mol. The normalized spacial score (nSPS) is 18.1. The number of ether oxygens (including phenoxy) is 1. The van der Waals surface area contributed by atoms with Gasteiger partial charge in [0.2, 0.25) is 0 Å². The first-order valence-corrected chi connectivity index (χ1v) is 7.08. The summed E-state index contributed by atoms with van der Waals surface area (Å²) in [6.07, 6.45) is 3.26. The Balaban J connectivity index is 2.08. The fourth-order valence-corrected chi connectivity index (χ4v) is 2.48. The minimum atomic E-state index is 0.264. The highest BCUT2D eigenvalue weighted by atomic mass is 127. The molecular formula is C11H12BrIO. The molecule has 0 aromatic heterocycles. The highest BCUT2D eigenvalue weighted by Crippen LogP contribution is 2.32. The van der Waals surface area contributed by atoms with Crippen molar-refractivity contribution in [2.24, 2.45) is 0 Å². The summed E-state index contributed by atoms with van der Waals surface area (Å²) in [5.74, 6) is 0. The summed E-state index contributed by atoms with van der Waals surface area (Å²) in [6, 6.07) is 8.39. The number of hydrogen-bond donors (Lipinski definition) is 0. The number of benzene rings is 1. The van der Waals surface area contributed by atoms with Crippen LogP contribution in [0, 0.1) is 0 Å². The van der Waals surface area contributed by atoms with Crippen LogP contribution in [-0.4, -0.2) is 10.5 Å². The van der Waals surface area contributed by atoms with Crippen LogP contribution in [0.2, 0.25) is 0 Å². The van der Waals surface area contributed by atoms with Gasteiger partial charge in [-0.1, -0.05) is 50.7 Å². The van der Waals surface area contributed by atoms with Gasteiger partial charge < -0.3 is 4.74 Å². The standard InChI is InChI=1S/C11H12BrIO/c12-9-3-1-2-8(6-9)11(7-13)14-10-4-5-10/h1-3,6,10-11H,4-5,7H2. The molecule has 1 atom stereocenters. The Labute approximate surface area is 106 Å². The molecule has 76 valence electrons. The van der Waals surface area contributed by atoms with Crippen molar-refractivity contribution in [3.8, 4) is 0 Å². The van der Waals surface area contributed by atoms with Crippen LogP contribution in [-0.2, 0) is 4.74 Å². The van der Waals surface area contributed by atoms with Crippen LogP contribution < -0.4 is 0 Å². The zero-order chi connectivity index (χ0) is 9.97. The highest BCUT2D eigenvalue weighted by Gasteiger charge is 2.26. The molecule has 0 saturated heterocycles. The Hall–Kier alpha value is 0.390. The molecule has 1 aromatic carbocycles. The van der Waals surface area contributed by atoms with Crippen molar-refractivity contribution >= 4 is 38.5 Å². The van der Waals surface area contributed by atoms with Crippen molar-refractivity contribution in [2.75, 3.05) is 4.43 Å². The van der Waals surface area contributed by atoms with Crippen LogP contribution in [0.15, 0.2) is 28.7 Å². The summed E-state index contributed by atoms with van der Waals surface area (Å²) in [5, 5.41) is 0. The molecule has 1 saturated carbocycles. The maximum atomic E-state index is 5.92. The first-order valence-electron chi connectivity index (χ1n) is 4.76. The van der Waals surface area contributed by atoms with Crippen LogP contribution in [0.4, 0.5) is 0 Å². The van der Waals surface area contributed by atoms with Gasteiger partial charge in [-0.25, -0.2) is 0 Å². The molecule has 1 fully saturated rings. The molecule has 14 heavy (non-hydrogen) atoms. The molecule has 0 bridgehead atoms. The zero-order valence-electron chi connectivity index (χ0n) is 7.75. The second-order valence-electron chi connectivity index (χ2n) is 3.53. The Kier molecular flexibility index (Phi) is 3.85. The van der Waals surface area contributed by atoms with Crippen molar-refractivity contribution in [1.29, 1.82) is 0 Å². The van der Waals surface area contributed by atoms with Crippen molar-refractivity contribution in [3.63, 3.8) is 0 Å².